The third-order valence-electron chi connectivity index (χ3n) is 6.24. The molecule has 2 aliphatic heterocycles. The smallest absolute Gasteiger partial charge is 0.222 e. The number of hydrogen-bond donors (Lipinski definition) is 2. The molecule has 1 saturated heterocycles. The second-order valence-electron chi connectivity index (χ2n) is 8.27. The quantitative estimate of drug-likeness (QED) is 0.854. The summed E-state index contributed by atoms with van der Waals surface area (Å²) < 4.78 is 2.11. The summed E-state index contributed by atoms with van der Waals surface area (Å²) >= 11 is 0. The van der Waals surface area contributed by atoms with Gasteiger partial charge in [0.25, 0.3) is 0 Å². The Morgan fingerprint density at radius 3 is 2.79 bits per heavy atom. The molecule has 0 aliphatic carbocycles. The summed E-state index contributed by atoms with van der Waals surface area (Å²) in [5.74, 6) is 0.145. The molecular weight excluding hydrogens is 350 g/mol. The van der Waals surface area contributed by atoms with Gasteiger partial charge in [0.05, 0.1) is 6.20 Å². The molecule has 6 heteroatoms. The molecule has 0 unspecified atom stereocenters. The van der Waals surface area contributed by atoms with Gasteiger partial charge in [-0.1, -0.05) is 25.1 Å². The van der Waals surface area contributed by atoms with E-state index < -0.39 is 0 Å². The van der Waals surface area contributed by atoms with Crippen LogP contribution >= 0.6 is 0 Å². The zero-order chi connectivity index (χ0) is 19.6. The highest BCUT2D eigenvalue weighted by Crippen LogP contribution is 2.33. The van der Waals surface area contributed by atoms with E-state index in [9.17, 15) is 4.79 Å². The highest BCUT2D eigenvalue weighted by molar-refractivity contribution is 5.79. The van der Waals surface area contributed by atoms with E-state index in [2.05, 4.69) is 57.4 Å². The van der Waals surface area contributed by atoms with Gasteiger partial charge < -0.3 is 10.6 Å². The molecule has 1 aromatic carbocycles. The van der Waals surface area contributed by atoms with Crippen molar-refractivity contribution in [3.8, 4) is 0 Å². The van der Waals surface area contributed by atoms with E-state index in [-0.39, 0.29) is 11.4 Å². The largest absolute Gasteiger partial charge is 0.379 e. The van der Waals surface area contributed by atoms with Gasteiger partial charge in [-0.15, -0.1) is 0 Å². The molecular formula is C22H31N5O. The first kappa shape index (κ1) is 19.0. The zero-order valence-corrected chi connectivity index (χ0v) is 17.0. The molecule has 0 bridgehead atoms. The molecule has 0 radical (unpaired) electrons. The lowest BCUT2D eigenvalue weighted by molar-refractivity contribution is -0.122. The number of hydrogen-bond acceptors (Lipinski definition) is 4. The monoisotopic (exact) mass is 381 g/mol. The predicted octanol–water partition coefficient (Wildman–Crippen LogP) is 3.07. The number of amides is 1. The number of likely N-dealkylation sites (tertiary alicyclic amines) is 1. The van der Waals surface area contributed by atoms with Crippen molar-refractivity contribution >= 4 is 11.6 Å². The van der Waals surface area contributed by atoms with Gasteiger partial charge in [-0.3, -0.25) is 14.4 Å². The van der Waals surface area contributed by atoms with Crippen LogP contribution < -0.4 is 10.6 Å². The van der Waals surface area contributed by atoms with Gasteiger partial charge in [0.15, 0.2) is 0 Å². The van der Waals surface area contributed by atoms with Crippen molar-refractivity contribution in [3.63, 3.8) is 0 Å². The first-order chi connectivity index (χ1) is 13.6. The Balaban J connectivity index is 1.44. The van der Waals surface area contributed by atoms with Gasteiger partial charge in [-0.05, 0) is 37.8 Å². The molecule has 1 aromatic heterocycles. The summed E-state index contributed by atoms with van der Waals surface area (Å²) in [5, 5.41) is 11.4. The van der Waals surface area contributed by atoms with Crippen LogP contribution in [0.25, 0.3) is 0 Å². The number of benzene rings is 1. The molecule has 1 amide bonds. The summed E-state index contributed by atoms with van der Waals surface area (Å²) in [6, 6.07) is 8.32. The first-order valence-electron chi connectivity index (χ1n) is 10.4. The van der Waals surface area contributed by atoms with E-state index in [0.717, 1.165) is 56.7 Å². The highest BCUT2D eigenvalue weighted by atomic mass is 16.1. The average Bonchev–Trinajstić information content (AvgIpc) is 3.02. The molecule has 1 fully saturated rings. The summed E-state index contributed by atoms with van der Waals surface area (Å²) in [6.07, 6.45) is 5.60. The van der Waals surface area contributed by atoms with Crippen molar-refractivity contribution in [2.75, 3.05) is 18.4 Å². The van der Waals surface area contributed by atoms with Crippen LogP contribution in [0, 0.1) is 6.92 Å². The van der Waals surface area contributed by atoms with Gasteiger partial charge in [-0.25, -0.2) is 0 Å². The van der Waals surface area contributed by atoms with Crippen molar-refractivity contribution in [2.45, 2.75) is 64.7 Å². The number of aryl methyl sites for hydroxylation is 1. The fourth-order valence-corrected chi connectivity index (χ4v) is 4.45. The van der Waals surface area contributed by atoms with Gasteiger partial charge in [0.2, 0.25) is 5.91 Å². The summed E-state index contributed by atoms with van der Waals surface area (Å²) in [5.41, 5.74) is 4.76. The van der Waals surface area contributed by atoms with Crippen molar-refractivity contribution in [1.82, 2.24) is 20.0 Å². The average molecular weight is 382 g/mol. The molecule has 150 valence electrons. The lowest BCUT2D eigenvalue weighted by Gasteiger charge is -2.44. The van der Waals surface area contributed by atoms with Gasteiger partial charge in [-0.2, -0.15) is 5.10 Å². The van der Waals surface area contributed by atoms with Crippen LogP contribution in [0.3, 0.4) is 0 Å². The Kier molecular flexibility index (Phi) is 5.40. The van der Waals surface area contributed by atoms with Gasteiger partial charge in [0, 0.05) is 61.6 Å². The first-order valence-corrected chi connectivity index (χ1v) is 10.4. The van der Waals surface area contributed by atoms with Gasteiger partial charge in [0.1, 0.15) is 0 Å². The molecule has 2 N–H and O–H groups in total. The zero-order valence-electron chi connectivity index (χ0n) is 17.0. The van der Waals surface area contributed by atoms with Crippen molar-refractivity contribution in [1.29, 1.82) is 0 Å². The van der Waals surface area contributed by atoms with Crippen LogP contribution in [-0.2, 0) is 24.4 Å². The second kappa shape index (κ2) is 7.95. The summed E-state index contributed by atoms with van der Waals surface area (Å²) in [6.45, 7) is 8.84. The van der Waals surface area contributed by atoms with Gasteiger partial charge >= 0.3 is 0 Å². The maximum absolute atomic E-state index is 12.4. The lowest BCUT2D eigenvalue weighted by atomic mass is 9.82. The number of fused-ring (bicyclic) bond motifs is 1. The summed E-state index contributed by atoms with van der Waals surface area (Å²) in [4.78, 5) is 14.9. The Morgan fingerprint density at radius 1 is 1.21 bits per heavy atom. The maximum Gasteiger partial charge on any atom is 0.222 e. The van der Waals surface area contributed by atoms with Crippen molar-refractivity contribution in [3.05, 3.63) is 47.3 Å². The van der Waals surface area contributed by atoms with Crippen LogP contribution in [0.15, 0.2) is 30.5 Å². The fourth-order valence-electron chi connectivity index (χ4n) is 4.45. The number of para-hydroxylation sites is 1. The fraction of sp³-hybridized carbons (Fsp3) is 0.545. The Hall–Kier alpha value is -2.34. The molecule has 28 heavy (non-hydrogen) atoms. The molecule has 6 nitrogen and oxygen atoms in total. The number of nitrogens with zero attached hydrogens (tertiary/aromatic N) is 3. The lowest BCUT2D eigenvalue weighted by Crippen LogP contribution is -2.52. The number of carbonyl (C=O) groups excluding carboxylic acids is 1. The number of rotatable bonds is 4. The molecule has 0 atom stereocenters. The minimum absolute atomic E-state index is 0.145. The normalized spacial score (nSPS) is 19.4. The standard InChI is InChI=1S/C22H31N5O/c1-3-10-27-17(2)19(15-24-27)16-26-11-8-22(9-12-26)13-21(28)23-14-18-6-4-5-7-20(18)25-22/h4-7,15,25H,3,8-14,16H2,1-2H3,(H,23,28). The number of piperidine rings is 1. The molecule has 2 aromatic rings. The topological polar surface area (TPSA) is 62.2 Å². The van der Waals surface area contributed by atoms with E-state index in [0.29, 0.717) is 13.0 Å². The molecule has 4 rings (SSSR count). The third-order valence-corrected chi connectivity index (χ3v) is 6.24. The molecule has 1 spiro atoms. The van der Waals surface area contributed by atoms with Crippen molar-refractivity contribution < 1.29 is 4.79 Å². The van der Waals surface area contributed by atoms with Crippen LogP contribution in [0.1, 0.15) is 49.4 Å². The molecule has 0 saturated carbocycles. The minimum atomic E-state index is -0.154. The predicted molar refractivity (Wildman–Crippen MR) is 111 cm³/mol. The molecule has 2 aliphatic rings. The maximum atomic E-state index is 12.4. The van der Waals surface area contributed by atoms with E-state index in [1.165, 1.54) is 11.3 Å². The van der Waals surface area contributed by atoms with E-state index in [1.54, 1.807) is 0 Å². The Bertz CT molecular complexity index is 835. The van der Waals surface area contributed by atoms with Crippen LogP contribution in [0.4, 0.5) is 5.69 Å². The number of carbonyl (C=O) groups is 1. The Morgan fingerprint density at radius 2 is 2.00 bits per heavy atom. The number of aromatic nitrogens is 2. The van der Waals surface area contributed by atoms with E-state index >= 15 is 0 Å². The molecule has 3 heterocycles. The SMILES string of the molecule is CCCn1ncc(CN2CCC3(CC2)CC(=O)NCc2ccccc2N3)c1C. The van der Waals surface area contributed by atoms with Crippen LogP contribution in [0.5, 0.6) is 0 Å². The third kappa shape index (κ3) is 3.92. The van der Waals surface area contributed by atoms with Crippen LogP contribution in [-0.4, -0.2) is 39.2 Å². The Labute approximate surface area is 167 Å². The second-order valence-corrected chi connectivity index (χ2v) is 8.27. The van der Waals surface area contributed by atoms with Crippen molar-refractivity contribution in [2.24, 2.45) is 0 Å². The minimum Gasteiger partial charge on any atom is -0.379 e. The van der Waals surface area contributed by atoms with E-state index in [4.69, 9.17) is 0 Å². The highest BCUT2D eigenvalue weighted by Gasteiger charge is 2.38. The number of nitrogens with one attached hydrogen (secondary N) is 2. The van der Waals surface area contributed by atoms with Crippen LogP contribution in [0.2, 0.25) is 0 Å². The summed E-state index contributed by atoms with van der Waals surface area (Å²) in [7, 11) is 0. The number of anilines is 1. The van der Waals surface area contributed by atoms with E-state index in [1.807, 2.05) is 12.3 Å².